The van der Waals surface area contributed by atoms with Crippen LogP contribution in [0.5, 0.6) is 0 Å². The Balaban J connectivity index is 1.66. The summed E-state index contributed by atoms with van der Waals surface area (Å²) in [6.45, 7) is 0. The summed E-state index contributed by atoms with van der Waals surface area (Å²) in [6.07, 6.45) is 8.68. The Morgan fingerprint density at radius 3 is 2.54 bits per heavy atom. The Bertz CT molecular complexity index is 697. The van der Waals surface area contributed by atoms with E-state index in [9.17, 15) is 4.79 Å². The second kappa shape index (κ2) is 8.15. The fourth-order valence-electron chi connectivity index (χ4n) is 3.05. The van der Waals surface area contributed by atoms with E-state index in [1.54, 1.807) is 12.3 Å². The van der Waals surface area contributed by atoms with Crippen LogP contribution in [-0.2, 0) is 0 Å². The minimum atomic E-state index is -0.100. The predicted octanol–water partition coefficient (Wildman–Crippen LogP) is 4.93. The van der Waals surface area contributed by atoms with E-state index in [1.165, 1.54) is 25.7 Å². The monoisotopic (exact) mass is 343 g/mol. The summed E-state index contributed by atoms with van der Waals surface area (Å²) < 4.78 is 0. The first-order chi connectivity index (χ1) is 11.7. The van der Waals surface area contributed by atoms with Crippen molar-refractivity contribution in [3.8, 4) is 0 Å². The lowest BCUT2D eigenvalue weighted by atomic mass is 10.1. The molecule has 5 heteroatoms. The lowest BCUT2D eigenvalue weighted by molar-refractivity contribution is 0.0928. The Morgan fingerprint density at radius 1 is 1.04 bits per heavy atom. The number of carbonyl (C=O) groups excluding carboxylic acids is 1. The number of benzene rings is 1. The molecule has 3 rings (SSSR count). The lowest BCUT2D eigenvalue weighted by Crippen LogP contribution is -2.34. The number of rotatable bonds is 4. The topological polar surface area (TPSA) is 54.0 Å². The molecule has 0 atom stereocenters. The molecule has 1 aromatic heterocycles. The maximum atomic E-state index is 12.5. The van der Waals surface area contributed by atoms with E-state index in [0.717, 1.165) is 24.2 Å². The maximum absolute atomic E-state index is 12.5. The average molecular weight is 344 g/mol. The van der Waals surface area contributed by atoms with Crippen LogP contribution >= 0.6 is 11.6 Å². The molecule has 2 aromatic rings. The molecule has 1 aliphatic carbocycles. The highest BCUT2D eigenvalue weighted by molar-refractivity contribution is 6.30. The van der Waals surface area contributed by atoms with Crippen LogP contribution in [0.4, 0.5) is 11.4 Å². The molecule has 24 heavy (non-hydrogen) atoms. The highest BCUT2D eigenvalue weighted by Crippen LogP contribution is 2.21. The third kappa shape index (κ3) is 4.71. The Kier molecular flexibility index (Phi) is 5.70. The van der Waals surface area contributed by atoms with Gasteiger partial charge in [-0.25, -0.2) is 0 Å². The summed E-state index contributed by atoms with van der Waals surface area (Å²) in [5.41, 5.74) is 2.13. The number of nitrogens with zero attached hydrogens (tertiary/aromatic N) is 1. The molecule has 1 aliphatic rings. The van der Waals surface area contributed by atoms with E-state index in [0.29, 0.717) is 10.7 Å². The molecular formula is C19H22ClN3O. The molecule has 1 heterocycles. The van der Waals surface area contributed by atoms with Crippen LogP contribution in [-0.4, -0.2) is 16.9 Å². The summed E-state index contributed by atoms with van der Waals surface area (Å²) in [4.78, 5) is 16.7. The lowest BCUT2D eigenvalue weighted by Gasteiger charge is -2.16. The third-order valence-corrected chi connectivity index (χ3v) is 4.53. The van der Waals surface area contributed by atoms with E-state index >= 15 is 0 Å². The van der Waals surface area contributed by atoms with Crippen molar-refractivity contribution in [2.75, 3.05) is 5.32 Å². The molecule has 0 saturated heterocycles. The van der Waals surface area contributed by atoms with Gasteiger partial charge in [0, 0.05) is 28.6 Å². The number of carbonyl (C=O) groups is 1. The number of aromatic nitrogens is 1. The van der Waals surface area contributed by atoms with E-state index in [1.807, 2.05) is 30.3 Å². The summed E-state index contributed by atoms with van der Waals surface area (Å²) in [7, 11) is 0. The number of halogens is 1. The quantitative estimate of drug-likeness (QED) is 0.774. The van der Waals surface area contributed by atoms with Gasteiger partial charge in [0.1, 0.15) is 5.69 Å². The SMILES string of the molecule is O=C(NC1CCCCCC1)c1cc(Nc2cccc(Cl)c2)ccn1. The highest BCUT2D eigenvalue weighted by Gasteiger charge is 2.16. The first-order valence-corrected chi connectivity index (χ1v) is 8.88. The van der Waals surface area contributed by atoms with E-state index in [4.69, 9.17) is 11.6 Å². The van der Waals surface area contributed by atoms with Gasteiger partial charge in [-0.2, -0.15) is 0 Å². The molecule has 1 saturated carbocycles. The molecule has 1 aromatic carbocycles. The van der Waals surface area contributed by atoms with Crippen LogP contribution in [0.25, 0.3) is 0 Å². The van der Waals surface area contributed by atoms with E-state index in [2.05, 4.69) is 15.6 Å². The van der Waals surface area contributed by atoms with Crippen molar-refractivity contribution in [1.29, 1.82) is 0 Å². The van der Waals surface area contributed by atoms with Gasteiger partial charge in [-0.15, -0.1) is 0 Å². The summed E-state index contributed by atoms with van der Waals surface area (Å²) in [5, 5.41) is 7.04. The molecule has 0 radical (unpaired) electrons. The van der Waals surface area contributed by atoms with Gasteiger partial charge >= 0.3 is 0 Å². The summed E-state index contributed by atoms with van der Waals surface area (Å²) in [6, 6.07) is 11.4. The predicted molar refractivity (Wildman–Crippen MR) is 97.9 cm³/mol. The fourth-order valence-corrected chi connectivity index (χ4v) is 3.24. The van der Waals surface area contributed by atoms with Crippen molar-refractivity contribution >= 4 is 28.9 Å². The molecule has 0 bridgehead atoms. The minimum Gasteiger partial charge on any atom is -0.355 e. The number of amides is 1. The van der Waals surface area contributed by atoms with Crippen LogP contribution in [0.2, 0.25) is 5.02 Å². The van der Waals surface area contributed by atoms with Gasteiger partial charge in [0.25, 0.3) is 5.91 Å². The van der Waals surface area contributed by atoms with Gasteiger partial charge in [0.05, 0.1) is 0 Å². The molecule has 0 aliphatic heterocycles. The zero-order chi connectivity index (χ0) is 16.8. The summed E-state index contributed by atoms with van der Waals surface area (Å²) in [5.74, 6) is -0.100. The van der Waals surface area contributed by atoms with Crippen molar-refractivity contribution in [3.05, 3.63) is 53.3 Å². The smallest absolute Gasteiger partial charge is 0.270 e. The first kappa shape index (κ1) is 16.8. The number of nitrogens with one attached hydrogen (secondary N) is 2. The van der Waals surface area contributed by atoms with Crippen LogP contribution in [0.3, 0.4) is 0 Å². The second-order valence-electron chi connectivity index (χ2n) is 6.23. The molecule has 4 nitrogen and oxygen atoms in total. The number of hydrogen-bond donors (Lipinski definition) is 2. The zero-order valence-corrected chi connectivity index (χ0v) is 14.4. The van der Waals surface area contributed by atoms with E-state index < -0.39 is 0 Å². The van der Waals surface area contributed by atoms with Gasteiger partial charge in [0.15, 0.2) is 0 Å². The summed E-state index contributed by atoms with van der Waals surface area (Å²) >= 11 is 6.00. The van der Waals surface area contributed by atoms with Crippen LogP contribution < -0.4 is 10.6 Å². The largest absolute Gasteiger partial charge is 0.355 e. The van der Waals surface area contributed by atoms with Crippen LogP contribution in [0.1, 0.15) is 49.0 Å². The molecular weight excluding hydrogens is 322 g/mol. The molecule has 2 N–H and O–H groups in total. The average Bonchev–Trinajstić information content (AvgIpc) is 2.84. The Morgan fingerprint density at radius 2 is 1.79 bits per heavy atom. The molecule has 1 amide bonds. The van der Waals surface area contributed by atoms with Crippen molar-refractivity contribution in [1.82, 2.24) is 10.3 Å². The first-order valence-electron chi connectivity index (χ1n) is 8.50. The number of hydrogen-bond acceptors (Lipinski definition) is 3. The molecule has 0 spiro atoms. The Labute approximate surface area is 147 Å². The van der Waals surface area contributed by atoms with E-state index in [-0.39, 0.29) is 11.9 Å². The maximum Gasteiger partial charge on any atom is 0.270 e. The fraction of sp³-hybridized carbons (Fsp3) is 0.368. The second-order valence-corrected chi connectivity index (χ2v) is 6.66. The zero-order valence-electron chi connectivity index (χ0n) is 13.6. The highest BCUT2D eigenvalue weighted by atomic mass is 35.5. The van der Waals surface area contributed by atoms with Crippen molar-refractivity contribution in [2.45, 2.75) is 44.6 Å². The number of pyridine rings is 1. The van der Waals surface area contributed by atoms with Gasteiger partial charge in [-0.1, -0.05) is 43.4 Å². The van der Waals surface area contributed by atoms with Gasteiger partial charge < -0.3 is 10.6 Å². The van der Waals surface area contributed by atoms with Crippen molar-refractivity contribution in [3.63, 3.8) is 0 Å². The third-order valence-electron chi connectivity index (χ3n) is 4.30. The van der Waals surface area contributed by atoms with Crippen LogP contribution in [0.15, 0.2) is 42.6 Å². The molecule has 0 unspecified atom stereocenters. The normalized spacial score (nSPS) is 15.5. The van der Waals surface area contributed by atoms with Crippen molar-refractivity contribution in [2.24, 2.45) is 0 Å². The Hall–Kier alpha value is -2.07. The van der Waals surface area contributed by atoms with Gasteiger partial charge in [-0.05, 0) is 43.2 Å². The van der Waals surface area contributed by atoms with Crippen molar-refractivity contribution < 1.29 is 4.79 Å². The standard InChI is InChI=1S/C19H22ClN3O/c20-14-6-5-9-16(12-14)22-17-10-11-21-18(13-17)19(24)23-15-7-3-1-2-4-8-15/h5-6,9-13,15H,1-4,7-8H2,(H,21,22)(H,23,24). The van der Waals surface area contributed by atoms with Gasteiger partial charge in [-0.3, -0.25) is 9.78 Å². The molecule has 1 fully saturated rings. The molecule has 126 valence electrons. The minimum absolute atomic E-state index is 0.100. The van der Waals surface area contributed by atoms with Crippen LogP contribution in [0, 0.1) is 0 Å². The van der Waals surface area contributed by atoms with Gasteiger partial charge in [0.2, 0.25) is 0 Å². The number of anilines is 2.